The summed E-state index contributed by atoms with van der Waals surface area (Å²) in [7, 11) is 0. The molecule has 19 heavy (non-hydrogen) atoms. The molecule has 1 amide bonds. The van der Waals surface area contributed by atoms with Crippen LogP contribution < -0.4 is 5.32 Å². The Bertz CT molecular complexity index is 641. The standard InChI is InChI=1S/C14H10Cl3NO/c1-8-5-6-9(7-12(8)16)18-14(19)10-3-2-4-11(15)13(10)17/h2-7H,1H3,(H,18,19). The van der Waals surface area contributed by atoms with E-state index in [0.29, 0.717) is 21.3 Å². The number of rotatable bonds is 2. The van der Waals surface area contributed by atoms with Crippen LogP contribution in [-0.4, -0.2) is 5.91 Å². The van der Waals surface area contributed by atoms with Crippen molar-refractivity contribution in [2.24, 2.45) is 0 Å². The van der Waals surface area contributed by atoms with Gasteiger partial charge in [0, 0.05) is 10.7 Å². The summed E-state index contributed by atoms with van der Waals surface area (Å²) >= 11 is 17.9. The first-order valence-electron chi connectivity index (χ1n) is 5.50. The summed E-state index contributed by atoms with van der Waals surface area (Å²) in [6, 6.07) is 10.2. The zero-order valence-corrected chi connectivity index (χ0v) is 12.3. The lowest BCUT2D eigenvalue weighted by atomic mass is 10.2. The van der Waals surface area contributed by atoms with E-state index in [2.05, 4.69) is 5.32 Å². The second-order valence-electron chi connectivity index (χ2n) is 4.02. The molecule has 0 fully saturated rings. The van der Waals surface area contributed by atoms with Gasteiger partial charge in [0.15, 0.2) is 0 Å². The van der Waals surface area contributed by atoms with Gasteiger partial charge in [0.25, 0.3) is 5.91 Å². The van der Waals surface area contributed by atoms with Gasteiger partial charge in [-0.25, -0.2) is 0 Å². The average Bonchev–Trinajstić information content (AvgIpc) is 2.37. The fourth-order valence-electron chi connectivity index (χ4n) is 1.55. The first-order valence-corrected chi connectivity index (χ1v) is 6.64. The number of hydrogen-bond donors (Lipinski definition) is 1. The maximum atomic E-state index is 12.1. The van der Waals surface area contributed by atoms with E-state index < -0.39 is 0 Å². The average molecular weight is 315 g/mol. The van der Waals surface area contributed by atoms with Gasteiger partial charge in [0.2, 0.25) is 0 Å². The third-order valence-electron chi connectivity index (χ3n) is 2.63. The van der Waals surface area contributed by atoms with Crippen molar-refractivity contribution in [1.82, 2.24) is 0 Å². The Morgan fingerprint density at radius 3 is 2.47 bits per heavy atom. The van der Waals surface area contributed by atoms with Crippen LogP contribution in [-0.2, 0) is 0 Å². The van der Waals surface area contributed by atoms with E-state index in [1.54, 1.807) is 30.3 Å². The molecular formula is C14H10Cl3NO. The summed E-state index contributed by atoms with van der Waals surface area (Å²) in [6.45, 7) is 1.89. The van der Waals surface area contributed by atoms with Crippen LogP contribution in [0, 0.1) is 6.92 Å². The Hall–Kier alpha value is -1.22. The zero-order chi connectivity index (χ0) is 14.0. The van der Waals surface area contributed by atoms with Gasteiger partial charge in [0.1, 0.15) is 0 Å². The Morgan fingerprint density at radius 2 is 1.79 bits per heavy atom. The number of carbonyl (C=O) groups is 1. The van der Waals surface area contributed by atoms with E-state index in [4.69, 9.17) is 34.8 Å². The molecule has 0 bridgehead atoms. The minimum atomic E-state index is -0.326. The van der Waals surface area contributed by atoms with E-state index in [-0.39, 0.29) is 10.9 Å². The number of nitrogens with one attached hydrogen (secondary N) is 1. The predicted molar refractivity (Wildman–Crippen MR) is 80.6 cm³/mol. The zero-order valence-electron chi connectivity index (χ0n) is 10.0. The van der Waals surface area contributed by atoms with Crippen molar-refractivity contribution < 1.29 is 4.79 Å². The topological polar surface area (TPSA) is 29.1 Å². The van der Waals surface area contributed by atoms with E-state index in [1.807, 2.05) is 13.0 Å². The van der Waals surface area contributed by atoms with Crippen LogP contribution in [0.5, 0.6) is 0 Å². The number of carbonyl (C=O) groups excluding carboxylic acids is 1. The molecule has 98 valence electrons. The summed E-state index contributed by atoms with van der Waals surface area (Å²) < 4.78 is 0. The molecule has 0 radical (unpaired) electrons. The van der Waals surface area contributed by atoms with Crippen LogP contribution in [0.25, 0.3) is 0 Å². The van der Waals surface area contributed by atoms with Gasteiger partial charge in [-0.05, 0) is 36.8 Å². The molecular weight excluding hydrogens is 305 g/mol. The quantitative estimate of drug-likeness (QED) is 0.810. The second kappa shape index (κ2) is 5.83. The molecule has 2 aromatic carbocycles. The molecule has 0 unspecified atom stereocenters. The lowest BCUT2D eigenvalue weighted by Gasteiger charge is -2.08. The van der Waals surface area contributed by atoms with Gasteiger partial charge in [-0.3, -0.25) is 4.79 Å². The summed E-state index contributed by atoms with van der Waals surface area (Å²) in [5.74, 6) is -0.326. The molecule has 0 heterocycles. The molecule has 2 rings (SSSR count). The number of hydrogen-bond acceptors (Lipinski definition) is 1. The van der Waals surface area contributed by atoms with Crippen LogP contribution in [0.4, 0.5) is 5.69 Å². The van der Waals surface area contributed by atoms with E-state index in [1.165, 1.54) is 0 Å². The summed E-state index contributed by atoms with van der Waals surface area (Å²) in [5, 5.41) is 3.90. The highest BCUT2D eigenvalue weighted by atomic mass is 35.5. The van der Waals surface area contributed by atoms with Gasteiger partial charge < -0.3 is 5.32 Å². The Kier molecular flexibility index (Phi) is 4.35. The fraction of sp³-hybridized carbons (Fsp3) is 0.0714. The largest absolute Gasteiger partial charge is 0.322 e. The van der Waals surface area contributed by atoms with Gasteiger partial charge in [0.05, 0.1) is 15.6 Å². The van der Waals surface area contributed by atoms with Gasteiger partial charge in [-0.2, -0.15) is 0 Å². The van der Waals surface area contributed by atoms with Gasteiger partial charge in [-0.15, -0.1) is 0 Å². The predicted octanol–water partition coefficient (Wildman–Crippen LogP) is 5.21. The fourth-order valence-corrected chi connectivity index (χ4v) is 2.12. The van der Waals surface area contributed by atoms with Gasteiger partial charge in [-0.1, -0.05) is 46.9 Å². The highest BCUT2D eigenvalue weighted by Crippen LogP contribution is 2.27. The lowest BCUT2D eigenvalue weighted by Crippen LogP contribution is -2.12. The van der Waals surface area contributed by atoms with Crippen molar-refractivity contribution in [1.29, 1.82) is 0 Å². The van der Waals surface area contributed by atoms with E-state index in [0.717, 1.165) is 5.56 Å². The molecule has 0 aliphatic heterocycles. The van der Waals surface area contributed by atoms with Gasteiger partial charge >= 0.3 is 0 Å². The van der Waals surface area contributed by atoms with Crippen molar-refractivity contribution >= 4 is 46.4 Å². The second-order valence-corrected chi connectivity index (χ2v) is 5.21. The third-order valence-corrected chi connectivity index (χ3v) is 3.85. The number of halogens is 3. The van der Waals surface area contributed by atoms with Crippen molar-refractivity contribution in [2.75, 3.05) is 5.32 Å². The summed E-state index contributed by atoms with van der Waals surface area (Å²) in [5.41, 5.74) is 1.88. The monoisotopic (exact) mass is 313 g/mol. The van der Waals surface area contributed by atoms with Crippen LogP contribution >= 0.6 is 34.8 Å². The van der Waals surface area contributed by atoms with Crippen molar-refractivity contribution in [3.63, 3.8) is 0 Å². The molecule has 0 saturated carbocycles. The first kappa shape index (κ1) is 14.2. The highest BCUT2D eigenvalue weighted by Gasteiger charge is 2.13. The number of aryl methyl sites for hydroxylation is 1. The molecule has 0 saturated heterocycles. The van der Waals surface area contributed by atoms with Crippen LogP contribution in [0.2, 0.25) is 15.1 Å². The smallest absolute Gasteiger partial charge is 0.257 e. The Labute approximate surface area is 126 Å². The summed E-state index contributed by atoms with van der Waals surface area (Å²) in [6.07, 6.45) is 0. The van der Waals surface area contributed by atoms with Crippen LogP contribution in [0.1, 0.15) is 15.9 Å². The lowest BCUT2D eigenvalue weighted by molar-refractivity contribution is 0.102. The van der Waals surface area contributed by atoms with Crippen molar-refractivity contribution in [3.05, 3.63) is 62.6 Å². The molecule has 2 nitrogen and oxygen atoms in total. The molecule has 2 aromatic rings. The molecule has 0 aromatic heterocycles. The van der Waals surface area contributed by atoms with E-state index >= 15 is 0 Å². The molecule has 0 atom stereocenters. The maximum Gasteiger partial charge on any atom is 0.257 e. The number of anilines is 1. The van der Waals surface area contributed by atoms with Crippen molar-refractivity contribution in [3.8, 4) is 0 Å². The van der Waals surface area contributed by atoms with Crippen LogP contribution in [0.3, 0.4) is 0 Å². The molecule has 5 heteroatoms. The summed E-state index contributed by atoms with van der Waals surface area (Å²) in [4.78, 5) is 12.1. The minimum absolute atomic E-state index is 0.236. The molecule has 0 aliphatic rings. The maximum absolute atomic E-state index is 12.1. The highest BCUT2D eigenvalue weighted by molar-refractivity contribution is 6.44. The molecule has 0 spiro atoms. The van der Waals surface area contributed by atoms with Crippen molar-refractivity contribution in [2.45, 2.75) is 6.92 Å². The Morgan fingerprint density at radius 1 is 1.05 bits per heavy atom. The molecule has 0 aliphatic carbocycles. The third kappa shape index (κ3) is 3.21. The van der Waals surface area contributed by atoms with Crippen LogP contribution in [0.15, 0.2) is 36.4 Å². The number of benzene rings is 2. The molecule has 1 N–H and O–H groups in total. The van der Waals surface area contributed by atoms with E-state index in [9.17, 15) is 4.79 Å². The number of amides is 1. The normalized spacial score (nSPS) is 10.3. The minimum Gasteiger partial charge on any atom is -0.322 e. The first-order chi connectivity index (χ1) is 8.99. The SMILES string of the molecule is Cc1ccc(NC(=O)c2cccc(Cl)c2Cl)cc1Cl. The Balaban J connectivity index is 2.26.